The van der Waals surface area contributed by atoms with Gasteiger partial charge in [-0.3, -0.25) is 14.9 Å². The van der Waals surface area contributed by atoms with E-state index in [9.17, 15) is 9.59 Å². The number of thiocarbonyl (C=S) groups is 1. The molecule has 3 aromatic rings. The van der Waals surface area contributed by atoms with E-state index >= 15 is 0 Å². The molecule has 6 nitrogen and oxygen atoms in total. The molecule has 144 valence electrons. The van der Waals surface area contributed by atoms with Gasteiger partial charge in [0.25, 0.3) is 11.8 Å². The summed E-state index contributed by atoms with van der Waals surface area (Å²) in [6, 6.07) is 12.3. The number of carbonyl (C=O) groups excluding carboxylic acids is 2. The van der Waals surface area contributed by atoms with Crippen LogP contribution < -0.4 is 20.7 Å². The van der Waals surface area contributed by atoms with Gasteiger partial charge in [0.1, 0.15) is 10.6 Å². The standard InChI is InChI=1S/C19H16ClN3O3S2/c1-21-17(24)11-5-3-4-6-13(11)22-19(27)23-18(25)16-15(20)12-8-7-10(26-2)9-14(12)28-16/h3-9H,1-2H3,(H,21,24)(H2,22,23,25,27). The molecule has 1 aromatic heterocycles. The van der Waals surface area contributed by atoms with E-state index in [-0.39, 0.29) is 11.0 Å². The number of nitrogens with one attached hydrogen (secondary N) is 3. The number of fused-ring (bicyclic) bond motifs is 1. The predicted molar refractivity (Wildman–Crippen MR) is 117 cm³/mol. The minimum absolute atomic E-state index is 0.0625. The summed E-state index contributed by atoms with van der Waals surface area (Å²) in [4.78, 5) is 24.9. The maximum absolute atomic E-state index is 12.6. The minimum Gasteiger partial charge on any atom is -0.497 e. The zero-order chi connectivity index (χ0) is 20.3. The molecule has 0 unspecified atom stereocenters. The Morgan fingerprint density at radius 3 is 2.61 bits per heavy atom. The fourth-order valence-electron chi connectivity index (χ4n) is 2.56. The van der Waals surface area contributed by atoms with Crippen molar-refractivity contribution in [1.29, 1.82) is 0 Å². The van der Waals surface area contributed by atoms with Crippen molar-refractivity contribution in [3.05, 3.63) is 57.9 Å². The largest absolute Gasteiger partial charge is 0.497 e. The zero-order valence-corrected chi connectivity index (χ0v) is 17.3. The van der Waals surface area contributed by atoms with Crippen LogP contribution in [0.4, 0.5) is 5.69 Å². The number of ether oxygens (including phenoxy) is 1. The third-order valence-electron chi connectivity index (χ3n) is 3.92. The highest BCUT2D eigenvalue weighted by Crippen LogP contribution is 2.37. The first kappa shape index (κ1) is 20.1. The van der Waals surface area contributed by atoms with E-state index in [1.54, 1.807) is 43.5 Å². The monoisotopic (exact) mass is 433 g/mol. The average molecular weight is 434 g/mol. The number of thiophene rings is 1. The average Bonchev–Trinajstić information content (AvgIpc) is 3.03. The van der Waals surface area contributed by atoms with Crippen molar-refractivity contribution in [1.82, 2.24) is 10.6 Å². The molecule has 0 aliphatic rings. The second-order valence-electron chi connectivity index (χ2n) is 5.64. The normalized spacial score (nSPS) is 10.4. The molecular weight excluding hydrogens is 418 g/mol. The summed E-state index contributed by atoms with van der Waals surface area (Å²) >= 11 is 12.8. The third kappa shape index (κ3) is 4.09. The van der Waals surface area contributed by atoms with Crippen molar-refractivity contribution in [2.45, 2.75) is 0 Å². The van der Waals surface area contributed by atoms with Gasteiger partial charge in [-0.15, -0.1) is 11.3 Å². The van der Waals surface area contributed by atoms with Gasteiger partial charge in [0.05, 0.1) is 23.4 Å². The van der Waals surface area contributed by atoms with Crippen LogP contribution in [0.15, 0.2) is 42.5 Å². The number of hydrogen-bond donors (Lipinski definition) is 3. The Kier molecular flexibility index (Phi) is 6.13. The summed E-state index contributed by atoms with van der Waals surface area (Å²) in [6.45, 7) is 0. The molecule has 1 heterocycles. The molecule has 0 radical (unpaired) electrons. The van der Waals surface area contributed by atoms with Crippen molar-refractivity contribution < 1.29 is 14.3 Å². The van der Waals surface area contributed by atoms with Gasteiger partial charge in [0.15, 0.2) is 5.11 Å². The van der Waals surface area contributed by atoms with E-state index in [0.29, 0.717) is 26.9 Å². The molecule has 2 amide bonds. The number of anilines is 1. The summed E-state index contributed by atoms with van der Waals surface area (Å²) in [7, 11) is 3.11. The molecule has 0 aliphatic carbocycles. The van der Waals surface area contributed by atoms with Gasteiger partial charge in [-0.05, 0) is 42.5 Å². The predicted octanol–water partition coefficient (Wildman–Crippen LogP) is 4.05. The van der Waals surface area contributed by atoms with Crippen LogP contribution in [0.5, 0.6) is 5.75 Å². The molecule has 0 bridgehead atoms. The first-order valence-electron chi connectivity index (χ1n) is 8.14. The van der Waals surface area contributed by atoms with Crippen LogP contribution in [0, 0.1) is 0 Å². The Morgan fingerprint density at radius 1 is 1.14 bits per heavy atom. The van der Waals surface area contributed by atoms with Crippen molar-refractivity contribution >= 4 is 67.9 Å². The fourth-order valence-corrected chi connectivity index (χ4v) is 4.20. The number of amides is 2. The molecule has 0 spiro atoms. The van der Waals surface area contributed by atoms with Crippen LogP contribution in [0.3, 0.4) is 0 Å². The number of para-hydroxylation sites is 1. The molecule has 9 heteroatoms. The van der Waals surface area contributed by atoms with E-state index in [2.05, 4.69) is 16.0 Å². The van der Waals surface area contributed by atoms with Crippen LogP contribution in [-0.2, 0) is 0 Å². The summed E-state index contributed by atoms with van der Waals surface area (Å²) < 4.78 is 6.03. The molecule has 0 aliphatic heterocycles. The SMILES string of the molecule is CNC(=O)c1ccccc1NC(=S)NC(=O)c1sc2cc(OC)ccc2c1Cl. The Hall–Kier alpha value is -2.68. The van der Waals surface area contributed by atoms with Crippen LogP contribution >= 0.6 is 35.2 Å². The molecule has 3 rings (SSSR count). The van der Waals surface area contributed by atoms with Gasteiger partial charge in [-0.2, -0.15) is 0 Å². The molecule has 3 N–H and O–H groups in total. The highest BCUT2D eigenvalue weighted by molar-refractivity contribution is 7.80. The van der Waals surface area contributed by atoms with Gasteiger partial charge >= 0.3 is 0 Å². The fraction of sp³-hybridized carbons (Fsp3) is 0.105. The smallest absolute Gasteiger partial charge is 0.269 e. The van der Waals surface area contributed by atoms with Gasteiger partial charge in [0, 0.05) is 17.1 Å². The Bertz CT molecular complexity index is 1080. The summed E-state index contributed by atoms with van der Waals surface area (Å²) in [5.41, 5.74) is 0.896. The number of hydrogen-bond acceptors (Lipinski definition) is 5. The van der Waals surface area contributed by atoms with E-state index in [4.69, 9.17) is 28.6 Å². The molecule has 0 saturated heterocycles. The third-order valence-corrected chi connectivity index (χ3v) is 5.78. The first-order chi connectivity index (χ1) is 13.4. The lowest BCUT2D eigenvalue weighted by molar-refractivity contribution is 0.0961. The zero-order valence-electron chi connectivity index (χ0n) is 15.0. The van der Waals surface area contributed by atoms with Gasteiger partial charge in [-0.25, -0.2) is 0 Å². The van der Waals surface area contributed by atoms with Crippen molar-refractivity contribution in [3.63, 3.8) is 0 Å². The number of halogens is 1. The highest BCUT2D eigenvalue weighted by Gasteiger charge is 2.19. The molecule has 28 heavy (non-hydrogen) atoms. The van der Waals surface area contributed by atoms with Gasteiger partial charge < -0.3 is 15.4 Å². The molecular formula is C19H16ClN3O3S2. The van der Waals surface area contributed by atoms with Crippen molar-refractivity contribution in [2.75, 3.05) is 19.5 Å². The summed E-state index contributed by atoms with van der Waals surface area (Å²) in [5, 5.41) is 9.22. The first-order valence-corrected chi connectivity index (χ1v) is 9.74. The van der Waals surface area contributed by atoms with Crippen molar-refractivity contribution in [2.24, 2.45) is 0 Å². The number of carbonyl (C=O) groups is 2. The number of rotatable bonds is 4. The molecule has 0 saturated carbocycles. The van der Waals surface area contributed by atoms with E-state index < -0.39 is 5.91 Å². The summed E-state index contributed by atoms with van der Waals surface area (Å²) in [5.74, 6) is -0.0146. The summed E-state index contributed by atoms with van der Waals surface area (Å²) in [6.07, 6.45) is 0. The van der Waals surface area contributed by atoms with Crippen LogP contribution in [0.25, 0.3) is 10.1 Å². The maximum Gasteiger partial charge on any atom is 0.269 e. The number of benzene rings is 2. The van der Waals surface area contributed by atoms with Crippen LogP contribution in [0.1, 0.15) is 20.0 Å². The Labute approximate surface area is 175 Å². The minimum atomic E-state index is -0.430. The van der Waals surface area contributed by atoms with E-state index in [1.807, 2.05) is 6.07 Å². The van der Waals surface area contributed by atoms with Crippen LogP contribution in [-0.4, -0.2) is 31.1 Å². The molecule has 0 fully saturated rings. The Morgan fingerprint density at radius 2 is 1.89 bits per heavy atom. The van der Waals surface area contributed by atoms with Crippen LogP contribution in [0.2, 0.25) is 5.02 Å². The lowest BCUT2D eigenvalue weighted by Gasteiger charge is -2.12. The number of methoxy groups -OCH3 is 1. The Balaban J connectivity index is 1.78. The van der Waals surface area contributed by atoms with Gasteiger partial charge in [-0.1, -0.05) is 23.7 Å². The quantitative estimate of drug-likeness (QED) is 0.541. The molecule has 2 aromatic carbocycles. The lowest BCUT2D eigenvalue weighted by Crippen LogP contribution is -2.34. The maximum atomic E-state index is 12.6. The van der Waals surface area contributed by atoms with Crippen molar-refractivity contribution in [3.8, 4) is 5.75 Å². The molecule has 0 atom stereocenters. The second kappa shape index (κ2) is 8.55. The highest BCUT2D eigenvalue weighted by atomic mass is 35.5. The van der Waals surface area contributed by atoms with E-state index in [1.165, 1.54) is 18.4 Å². The van der Waals surface area contributed by atoms with Gasteiger partial charge in [0.2, 0.25) is 0 Å². The second-order valence-corrected chi connectivity index (χ2v) is 7.48. The topological polar surface area (TPSA) is 79.5 Å². The lowest BCUT2D eigenvalue weighted by atomic mass is 10.1. The van der Waals surface area contributed by atoms with E-state index in [0.717, 1.165) is 10.1 Å².